The van der Waals surface area contributed by atoms with Crippen molar-refractivity contribution in [3.8, 4) is 11.4 Å². The lowest BCUT2D eigenvalue weighted by atomic mass is 10.2. The van der Waals surface area contributed by atoms with Crippen molar-refractivity contribution in [2.75, 3.05) is 33.1 Å². The molecule has 1 aliphatic heterocycles. The third-order valence-electron chi connectivity index (χ3n) is 4.40. The number of carbonyl (C=O) groups excluding carboxylic acids is 2. The molecule has 29 heavy (non-hydrogen) atoms. The normalized spacial score (nSPS) is 16.0. The first-order valence-electron chi connectivity index (χ1n) is 9.23. The van der Waals surface area contributed by atoms with Crippen LogP contribution >= 0.6 is 11.8 Å². The summed E-state index contributed by atoms with van der Waals surface area (Å²) >= 11 is 1.18. The Balaban J connectivity index is 1.71. The summed E-state index contributed by atoms with van der Waals surface area (Å²) in [6.07, 6.45) is 1.96. The van der Waals surface area contributed by atoms with Gasteiger partial charge in [0.1, 0.15) is 5.82 Å². The second kappa shape index (κ2) is 9.84. The third-order valence-corrected chi connectivity index (χ3v) is 5.34. The number of likely N-dealkylation sites (N-methyl/N-ethyl adjacent to an activating group) is 1. The molecule has 1 aromatic heterocycles. The summed E-state index contributed by atoms with van der Waals surface area (Å²) in [7, 11) is 3.19. The quantitative estimate of drug-likeness (QED) is 0.475. The molecule has 0 bridgehead atoms. The Morgan fingerprint density at radius 2 is 2.07 bits per heavy atom. The number of rotatable bonds is 8. The number of aromatic nitrogens is 3. The number of esters is 1. The lowest BCUT2D eigenvalue weighted by Gasteiger charge is -2.15. The molecule has 0 saturated carbocycles. The SMILES string of the molecule is CN(C)C(=O)COC(=O)CSc1nnc(-c2ccc(F)cc2)n1C[C@H]1CCCO1. The zero-order chi connectivity index (χ0) is 20.8. The van der Waals surface area contributed by atoms with Crippen molar-refractivity contribution in [1.29, 1.82) is 0 Å². The van der Waals surface area contributed by atoms with Crippen LogP contribution in [0.1, 0.15) is 12.8 Å². The van der Waals surface area contributed by atoms with E-state index in [0.717, 1.165) is 18.4 Å². The summed E-state index contributed by atoms with van der Waals surface area (Å²) in [5, 5.41) is 8.97. The van der Waals surface area contributed by atoms with Gasteiger partial charge in [-0.15, -0.1) is 10.2 Å². The lowest BCUT2D eigenvalue weighted by Crippen LogP contribution is -2.28. The molecule has 0 aliphatic carbocycles. The summed E-state index contributed by atoms with van der Waals surface area (Å²) in [6, 6.07) is 6.01. The highest BCUT2D eigenvalue weighted by Crippen LogP contribution is 2.26. The molecule has 156 valence electrons. The molecule has 1 atom stereocenters. The van der Waals surface area contributed by atoms with E-state index in [1.807, 2.05) is 4.57 Å². The van der Waals surface area contributed by atoms with Crippen molar-refractivity contribution < 1.29 is 23.5 Å². The van der Waals surface area contributed by atoms with Gasteiger partial charge in [0.05, 0.1) is 18.4 Å². The van der Waals surface area contributed by atoms with E-state index in [1.165, 1.54) is 28.8 Å². The van der Waals surface area contributed by atoms with E-state index in [2.05, 4.69) is 10.2 Å². The zero-order valence-electron chi connectivity index (χ0n) is 16.3. The molecule has 1 saturated heterocycles. The highest BCUT2D eigenvalue weighted by molar-refractivity contribution is 7.99. The fraction of sp³-hybridized carbons (Fsp3) is 0.474. The van der Waals surface area contributed by atoms with E-state index in [9.17, 15) is 14.0 Å². The maximum atomic E-state index is 13.3. The highest BCUT2D eigenvalue weighted by atomic mass is 32.2. The molecule has 8 nitrogen and oxygen atoms in total. The van der Waals surface area contributed by atoms with Gasteiger partial charge in [-0.25, -0.2) is 4.39 Å². The molecule has 1 aromatic carbocycles. The van der Waals surface area contributed by atoms with Gasteiger partial charge in [-0.2, -0.15) is 0 Å². The van der Waals surface area contributed by atoms with Crippen LogP contribution in [0.2, 0.25) is 0 Å². The Morgan fingerprint density at radius 1 is 1.31 bits per heavy atom. The second-order valence-corrected chi connectivity index (χ2v) is 7.74. The van der Waals surface area contributed by atoms with Crippen LogP contribution in [0, 0.1) is 5.82 Å². The second-order valence-electron chi connectivity index (χ2n) is 6.80. The number of ether oxygens (including phenoxy) is 2. The molecule has 1 fully saturated rings. The third kappa shape index (κ3) is 5.77. The summed E-state index contributed by atoms with van der Waals surface area (Å²) in [6.45, 7) is 0.958. The van der Waals surface area contributed by atoms with E-state index in [-0.39, 0.29) is 30.2 Å². The minimum absolute atomic E-state index is 0.00617. The van der Waals surface area contributed by atoms with Gasteiger partial charge >= 0.3 is 5.97 Å². The van der Waals surface area contributed by atoms with Gasteiger partial charge in [-0.05, 0) is 37.1 Å². The van der Waals surface area contributed by atoms with Crippen LogP contribution < -0.4 is 0 Å². The molecule has 1 aliphatic rings. The maximum absolute atomic E-state index is 13.3. The van der Waals surface area contributed by atoms with E-state index >= 15 is 0 Å². The molecule has 10 heteroatoms. The predicted molar refractivity (Wildman–Crippen MR) is 105 cm³/mol. The average Bonchev–Trinajstić information content (AvgIpc) is 3.35. The number of halogens is 1. The standard InChI is InChI=1S/C19H23FN4O4S/c1-23(2)16(25)11-28-17(26)12-29-19-22-21-18(13-5-7-14(20)8-6-13)24(19)10-15-4-3-9-27-15/h5-8,15H,3-4,9-12H2,1-2H3/t15-/m1/s1. The largest absolute Gasteiger partial charge is 0.455 e. The van der Waals surface area contributed by atoms with E-state index in [1.54, 1.807) is 26.2 Å². The van der Waals surface area contributed by atoms with Gasteiger partial charge < -0.3 is 14.4 Å². The minimum Gasteiger partial charge on any atom is -0.455 e. The fourth-order valence-corrected chi connectivity index (χ4v) is 3.55. The van der Waals surface area contributed by atoms with Crippen LogP contribution in [0.25, 0.3) is 11.4 Å². The molecule has 2 aromatic rings. The number of hydrogen-bond donors (Lipinski definition) is 0. The summed E-state index contributed by atoms with van der Waals surface area (Å²) < 4.78 is 25.9. The lowest BCUT2D eigenvalue weighted by molar-refractivity contribution is -0.148. The first-order chi connectivity index (χ1) is 13.9. The molecule has 1 amide bonds. The molecule has 2 heterocycles. The monoisotopic (exact) mass is 422 g/mol. The number of amides is 1. The number of thioether (sulfide) groups is 1. The van der Waals surface area contributed by atoms with Crippen LogP contribution in [0.15, 0.2) is 29.4 Å². The van der Waals surface area contributed by atoms with Gasteiger partial charge in [0.25, 0.3) is 5.91 Å². The summed E-state index contributed by atoms with van der Waals surface area (Å²) in [4.78, 5) is 24.9. The van der Waals surface area contributed by atoms with Crippen molar-refractivity contribution in [2.45, 2.75) is 30.6 Å². The van der Waals surface area contributed by atoms with Gasteiger partial charge in [0.2, 0.25) is 0 Å². The number of carbonyl (C=O) groups is 2. The minimum atomic E-state index is -0.514. The first-order valence-corrected chi connectivity index (χ1v) is 10.2. The first kappa shape index (κ1) is 21.3. The van der Waals surface area contributed by atoms with E-state index in [4.69, 9.17) is 9.47 Å². The predicted octanol–water partition coefficient (Wildman–Crippen LogP) is 1.99. The molecule has 0 unspecified atom stereocenters. The average molecular weight is 422 g/mol. The Bertz CT molecular complexity index is 850. The zero-order valence-corrected chi connectivity index (χ0v) is 17.2. The Hall–Kier alpha value is -2.46. The van der Waals surface area contributed by atoms with Gasteiger partial charge in [-0.1, -0.05) is 11.8 Å². The van der Waals surface area contributed by atoms with Gasteiger partial charge in [0.15, 0.2) is 17.6 Å². The van der Waals surface area contributed by atoms with Crippen molar-refractivity contribution >= 4 is 23.6 Å². The smallest absolute Gasteiger partial charge is 0.316 e. The van der Waals surface area contributed by atoms with Crippen molar-refractivity contribution in [3.05, 3.63) is 30.1 Å². The molecular weight excluding hydrogens is 399 g/mol. The van der Waals surface area contributed by atoms with E-state index < -0.39 is 5.97 Å². The van der Waals surface area contributed by atoms with E-state index in [0.29, 0.717) is 24.1 Å². The Labute approximate surface area is 172 Å². The van der Waals surface area contributed by atoms with Crippen LogP contribution in [-0.2, 0) is 25.6 Å². The summed E-state index contributed by atoms with van der Waals surface area (Å²) in [5.74, 6) is -0.556. The molecule has 0 N–H and O–H groups in total. The molecule has 0 spiro atoms. The van der Waals surface area contributed by atoms with Crippen molar-refractivity contribution in [3.63, 3.8) is 0 Å². The summed E-state index contributed by atoms with van der Waals surface area (Å²) in [5.41, 5.74) is 0.725. The Kier molecular flexibility index (Phi) is 7.21. The van der Waals surface area contributed by atoms with Crippen LogP contribution in [-0.4, -0.2) is 70.7 Å². The molecule has 3 rings (SSSR count). The van der Waals surface area contributed by atoms with Crippen LogP contribution in [0.5, 0.6) is 0 Å². The van der Waals surface area contributed by atoms with Gasteiger partial charge in [-0.3, -0.25) is 14.2 Å². The molecular formula is C19H23FN4O4S. The fourth-order valence-electron chi connectivity index (χ4n) is 2.80. The van der Waals surface area contributed by atoms with Crippen molar-refractivity contribution in [1.82, 2.24) is 19.7 Å². The van der Waals surface area contributed by atoms with Gasteiger partial charge in [0, 0.05) is 26.3 Å². The number of nitrogens with zero attached hydrogens (tertiary/aromatic N) is 4. The number of benzene rings is 1. The topological polar surface area (TPSA) is 86.5 Å². The highest BCUT2D eigenvalue weighted by Gasteiger charge is 2.22. The van der Waals surface area contributed by atoms with Crippen LogP contribution in [0.3, 0.4) is 0 Å². The molecule has 0 radical (unpaired) electrons. The number of hydrogen-bond acceptors (Lipinski definition) is 7. The van der Waals surface area contributed by atoms with Crippen molar-refractivity contribution in [2.24, 2.45) is 0 Å². The maximum Gasteiger partial charge on any atom is 0.316 e. The Morgan fingerprint density at radius 3 is 2.72 bits per heavy atom. The van der Waals surface area contributed by atoms with Crippen LogP contribution in [0.4, 0.5) is 4.39 Å².